The Labute approximate surface area is 205 Å². The molecule has 1 aliphatic heterocycles. The van der Waals surface area contributed by atoms with E-state index in [0.29, 0.717) is 49.8 Å². The molecule has 182 valence electrons. The van der Waals surface area contributed by atoms with Gasteiger partial charge in [-0.05, 0) is 35.7 Å². The predicted molar refractivity (Wildman–Crippen MR) is 133 cm³/mol. The van der Waals surface area contributed by atoms with Gasteiger partial charge < -0.3 is 24.4 Å². The minimum atomic E-state index is -0.218. The zero-order chi connectivity index (χ0) is 24.5. The number of hydrogen-bond acceptors (Lipinski definition) is 5. The van der Waals surface area contributed by atoms with E-state index >= 15 is 0 Å². The van der Waals surface area contributed by atoms with E-state index < -0.39 is 0 Å². The van der Waals surface area contributed by atoms with Crippen molar-refractivity contribution in [3.8, 4) is 11.5 Å². The van der Waals surface area contributed by atoms with Gasteiger partial charge in [-0.3, -0.25) is 9.59 Å². The van der Waals surface area contributed by atoms with Crippen LogP contribution in [0.25, 0.3) is 0 Å². The number of nitrogens with one attached hydrogen (secondary N) is 1. The zero-order valence-corrected chi connectivity index (χ0v) is 19.8. The molecule has 1 aliphatic rings. The van der Waals surface area contributed by atoms with Gasteiger partial charge in [0, 0.05) is 18.7 Å². The van der Waals surface area contributed by atoms with Crippen LogP contribution in [0, 0.1) is 0 Å². The summed E-state index contributed by atoms with van der Waals surface area (Å²) >= 11 is 0. The van der Waals surface area contributed by atoms with Crippen LogP contribution >= 0.6 is 0 Å². The zero-order valence-electron chi connectivity index (χ0n) is 19.8. The maximum absolute atomic E-state index is 13.2. The van der Waals surface area contributed by atoms with Crippen LogP contribution in [0.2, 0.25) is 0 Å². The summed E-state index contributed by atoms with van der Waals surface area (Å²) in [6.07, 6.45) is 0.665. The number of methoxy groups -OCH3 is 1. The van der Waals surface area contributed by atoms with Gasteiger partial charge in [0.1, 0.15) is 0 Å². The fraction of sp³-hybridized carbons (Fsp3) is 0.286. The molecule has 1 heterocycles. The van der Waals surface area contributed by atoms with Crippen molar-refractivity contribution in [1.29, 1.82) is 0 Å². The second-order valence-electron chi connectivity index (χ2n) is 8.27. The number of carbonyl (C=O) groups excluding carboxylic acids is 2. The van der Waals surface area contributed by atoms with Crippen molar-refractivity contribution in [2.75, 3.05) is 40.0 Å². The van der Waals surface area contributed by atoms with Crippen LogP contribution in [0.15, 0.2) is 78.9 Å². The summed E-state index contributed by atoms with van der Waals surface area (Å²) in [5, 5.41) is 3.15. The van der Waals surface area contributed by atoms with Gasteiger partial charge in [-0.15, -0.1) is 0 Å². The summed E-state index contributed by atoms with van der Waals surface area (Å²) in [5.41, 5.74) is 2.61. The quantitative estimate of drug-likeness (QED) is 0.512. The van der Waals surface area contributed by atoms with E-state index in [2.05, 4.69) is 17.4 Å². The number of rotatable bonds is 9. The first-order chi connectivity index (χ1) is 17.1. The molecule has 0 bridgehead atoms. The Bertz CT molecular complexity index is 1110. The average Bonchev–Trinajstić information content (AvgIpc) is 2.92. The van der Waals surface area contributed by atoms with Crippen LogP contribution in [0.4, 0.5) is 0 Å². The fourth-order valence-electron chi connectivity index (χ4n) is 4.00. The standard InChI is InChI=1S/C28H30N2O5/c1-33-26-19-23(12-13-25(26)35-20-27(31)30-14-16-34-17-15-30)28(32)29-24(22-10-6-3-7-11-22)18-21-8-4-2-5-9-21/h2-13,19,24H,14-18,20H2,1H3,(H,29,32)/t24-/m0/s1. The number of carbonyl (C=O) groups is 2. The molecular weight excluding hydrogens is 444 g/mol. The molecule has 0 radical (unpaired) electrons. The Morgan fingerprint density at radius 1 is 0.943 bits per heavy atom. The van der Waals surface area contributed by atoms with Crippen molar-refractivity contribution in [2.24, 2.45) is 0 Å². The number of benzene rings is 3. The van der Waals surface area contributed by atoms with Gasteiger partial charge in [-0.25, -0.2) is 0 Å². The Balaban J connectivity index is 1.45. The highest BCUT2D eigenvalue weighted by atomic mass is 16.5. The molecule has 0 spiro atoms. The van der Waals surface area contributed by atoms with Crippen molar-refractivity contribution in [3.63, 3.8) is 0 Å². The maximum Gasteiger partial charge on any atom is 0.260 e. The minimum absolute atomic E-state index is 0.102. The summed E-state index contributed by atoms with van der Waals surface area (Å²) in [7, 11) is 1.51. The van der Waals surface area contributed by atoms with E-state index in [1.54, 1.807) is 23.1 Å². The highest BCUT2D eigenvalue weighted by molar-refractivity contribution is 5.95. The molecule has 3 aromatic rings. The summed E-state index contributed by atoms with van der Waals surface area (Å²) in [6, 6.07) is 24.7. The second kappa shape index (κ2) is 12.0. The second-order valence-corrected chi connectivity index (χ2v) is 8.27. The molecule has 35 heavy (non-hydrogen) atoms. The van der Waals surface area contributed by atoms with E-state index in [4.69, 9.17) is 14.2 Å². The van der Waals surface area contributed by atoms with E-state index in [9.17, 15) is 9.59 Å². The molecule has 3 aromatic carbocycles. The lowest BCUT2D eigenvalue weighted by Gasteiger charge is -2.26. The number of hydrogen-bond donors (Lipinski definition) is 1. The van der Waals surface area contributed by atoms with Gasteiger partial charge in [0.25, 0.3) is 11.8 Å². The maximum atomic E-state index is 13.2. The number of morpholine rings is 1. The molecule has 7 nitrogen and oxygen atoms in total. The summed E-state index contributed by atoms with van der Waals surface area (Å²) in [4.78, 5) is 27.3. The molecule has 0 saturated carbocycles. The Hall–Kier alpha value is -3.84. The summed E-state index contributed by atoms with van der Waals surface area (Å²) < 4.78 is 16.4. The lowest BCUT2D eigenvalue weighted by atomic mass is 9.98. The van der Waals surface area contributed by atoms with E-state index in [-0.39, 0.29) is 24.5 Å². The summed E-state index contributed by atoms with van der Waals surface area (Å²) in [6.45, 7) is 2.09. The molecule has 0 unspecified atom stereocenters. The van der Waals surface area contributed by atoms with Crippen molar-refractivity contribution in [1.82, 2.24) is 10.2 Å². The van der Waals surface area contributed by atoms with E-state index in [0.717, 1.165) is 11.1 Å². The van der Waals surface area contributed by atoms with Gasteiger partial charge in [-0.1, -0.05) is 60.7 Å². The van der Waals surface area contributed by atoms with Crippen molar-refractivity contribution < 1.29 is 23.8 Å². The molecule has 0 aliphatic carbocycles. The van der Waals surface area contributed by atoms with Crippen LogP contribution < -0.4 is 14.8 Å². The molecule has 7 heteroatoms. The van der Waals surface area contributed by atoms with E-state index in [1.165, 1.54) is 7.11 Å². The third-order valence-electron chi connectivity index (χ3n) is 5.93. The molecule has 1 N–H and O–H groups in total. The van der Waals surface area contributed by atoms with Crippen molar-refractivity contribution >= 4 is 11.8 Å². The number of ether oxygens (including phenoxy) is 3. The van der Waals surface area contributed by atoms with Gasteiger partial charge in [0.05, 0.1) is 26.4 Å². The minimum Gasteiger partial charge on any atom is -0.493 e. The summed E-state index contributed by atoms with van der Waals surface area (Å²) in [5.74, 6) is 0.481. The Morgan fingerprint density at radius 3 is 2.31 bits per heavy atom. The first-order valence-electron chi connectivity index (χ1n) is 11.7. The SMILES string of the molecule is COc1cc(C(=O)N[C@@H](Cc2ccccc2)c2ccccc2)ccc1OCC(=O)N1CCOCC1. The lowest BCUT2D eigenvalue weighted by molar-refractivity contribution is -0.137. The highest BCUT2D eigenvalue weighted by Gasteiger charge is 2.20. The molecule has 1 fully saturated rings. The van der Waals surface area contributed by atoms with Crippen LogP contribution in [0.1, 0.15) is 27.5 Å². The van der Waals surface area contributed by atoms with Crippen LogP contribution in [-0.2, 0) is 16.0 Å². The number of nitrogens with zero attached hydrogens (tertiary/aromatic N) is 1. The van der Waals surface area contributed by atoms with Gasteiger partial charge in [0.2, 0.25) is 0 Å². The Morgan fingerprint density at radius 2 is 1.63 bits per heavy atom. The third-order valence-corrected chi connectivity index (χ3v) is 5.93. The molecule has 0 aromatic heterocycles. The van der Waals surface area contributed by atoms with E-state index in [1.807, 2.05) is 48.5 Å². The van der Waals surface area contributed by atoms with Gasteiger partial charge in [0.15, 0.2) is 18.1 Å². The first kappa shape index (κ1) is 24.3. The molecule has 1 saturated heterocycles. The topological polar surface area (TPSA) is 77.1 Å². The highest BCUT2D eigenvalue weighted by Crippen LogP contribution is 2.29. The van der Waals surface area contributed by atoms with Crippen molar-refractivity contribution in [3.05, 3.63) is 95.6 Å². The van der Waals surface area contributed by atoms with Crippen LogP contribution in [-0.4, -0.2) is 56.7 Å². The van der Waals surface area contributed by atoms with Gasteiger partial charge in [-0.2, -0.15) is 0 Å². The smallest absolute Gasteiger partial charge is 0.260 e. The fourth-order valence-corrected chi connectivity index (χ4v) is 4.00. The largest absolute Gasteiger partial charge is 0.493 e. The average molecular weight is 475 g/mol. The van der Waals surface area contributed by atoms with Crippen molar-refractivity contribution in [2.45, 2.75) is 12.5 Å². The first-order valence-corrected chi connectivity index (χ1v) is 11.7. The molecule has 1 atom stereocenters. The number of amides is 2. The monoisotopic (exact) mass is 474 g/mol. The lowest BCUT2D eigenvalue weighted by Crippen LogP contribution is -2.43. The molecule has 2 amide bonds. The van der Waals surface area contributed by atoms with Gasteiger partial charge >= 0.3 is 0 Å². The Kier molecular flexibility index (Phi) is 8.35. The normalized spacial score (nSPS) is 14.1. The molecule has 4 rings (SSSR count). The van der Waals surface area contributed by atoms with Crippen LogP contribution in [0.3, 0.4) is 0 Å². The van der Waals surface area contributed by atoms with Crippen LogP contribution in [0.5, 0.6) is 11.5 Å². The molecular formula is C28H30N2O5. The third kappa shape index (κ3) is 6.61. The predicted octanol–water partition coefficient (Wildman–Crippen LogP) is 3.65.